The smallest absolute Gasteiger partial charge is 0.358 e. The molecule has 0 aliphatic carbocycles. The third-order valence-electron chi connectivity index (χ3n) is 2.91. The molecule has 3 rings (SSSR count). The van der Waals surface area contributed by atoms with Crippen molar-refractivity contribution in [2.45, 2.75) is 9.92 Å². The lowest BCUT2D eigenvalue weighted by atomic mass is 10.3. The molecule has 0 atom stereocenters. The largest absolute Gasteiger partial charge is 0.362 e. The van der Waals surface area contributed by atoms with Crippen LogP contribution in [0.4, 0.5) is 11.5 Å². The maximum atomic E-state index is 11.3. The van der Waals surface area contributed by atoms with Gasteiger partial charge in [-0.3, -0.25) is 10.1 Å². The van der Waals surface area contributed by atoms with E-state index in [1.54, 1.807) is 24.4 Å². The number of nitro groups is 2. The number of non-ortho nitro benzene ring substituents is 1. The molecule has 0 unspecified atom stereocenters. The number of rotatable bonds is 4. The number of nitro benzene ring substituents is 1. The zero-order valence-corrected chi connectivity index (χ0v) is 11.8. The molecule has 0 N–H and O–H groups in total. The Balaban J connectivity index is 2.01. The van der Waals surface area contributed by atoms with Gasteiger partial charge in [-0.2, -0.15) is 9.38 Å². The average Bonchev–Trinajstić information content (AvgIpc) is 2.85. The van der Waals surface area contributed by atoms with Crippen LogP contribution < -0.4 is 0 Å². The molecule has 1 aromatic carbocycles. The maximum Gasteiger partial charge on any atom is 0.362 e. The lowest BCUT2D eigenvalue weighted by Crippen LogP contribution is -1.94. The van der Waals surface area contributed by atoms with Gasteiger partial charge in [-0.25, -0.2) is 0 Å². The van der Waals surface area contributed by atoms with E-state index in [2.05, 4.69) is 4.98 Å². The van der Waals surface area contributed by atoms with Crippen LogP contribution in [-0.2, 0) is 0 Å². The third-order valence-corrected chi connectivity index (χ3v) is 3.88. The summed E-state index contributed by atoms with van der Waals surface area (Å²) < 4.78 is 1.40. The first-order valence-electron chi connectivity index (χ1n) is 6.10. The summed E-state index contributed by atoms with van der Waals surface area (Å²) in [7, 11) is 0. The van der Waals surface area contributed by atoms with E-state index >= 15 is 0 Å². The van der Waals surface area contributed by atoms with E-state index in [9.17, 15) is 20.2 Å². The summed E-state index contributed by atoms with van der Waals surface area (Å²) in [6.07, 6.45) is 1.57. The van der Waals surface area contributed by atoms with Gasteiger partial charge < -0.3 is 10.1 Å². The van der Waals surface area contributed by atoms with Crippen LogP contribution in [0.15, 0.2) is 58.6 Å². The van der Waals surface area contributed by atoms with E-state index in [4.69, 9.17) is 0 Å². The summed E-state index contributed by atoms with van der Waals surface area (Å²) in [5, 5.41) is 22.1. The highest BCUT2D eigenvalue weighted by atomic mass is 32.2. The Bertz CT molecular complexity index is 875. The fraction of sp³-hybridized carbons (Fsp3) is 0. The number of hydrogen-bond acceptors (Lipinski definition) is 6. The van der Waals surface area contributed by atoms with Crippen LogP contribution in [0.3, 0.4) is 0 Å². The first kappa shape index (κ1) is 14.0. The summed E-state index contributed by atoms with van der Waals surface area (Å²) in [6.45, 7) is 0. The maximum absolute atomic E-state index is 11.3. The molecule has 8 nitrogen and oxygen atoms in total. The Labute approximate surface area is 127 Å². The Hall–Kier alpha value is -2.94. The number of pyridine rings is 1. The minimum Gasteiger partial charge on any atom is -0.358 e. The molecule has 3 aromatic rings. The van der Waals surface area contributed by atoms with Crippen molar-refractivity contribution >= 4 is 28.9 Å². The normalized spacial score (nSPS) is 10.7. The van der Waals surface area contributed by atoms with Crippen molar-refractivity contribution < 1.29 is 9.85 Å². The van der Waals surface area contributed by atoms with Crippen LogP contribution >= 0.6 is 11.8 Å². The summed E-state index contributed by atoms with van der Waals surface area (Å²) in [4.78, 5) is 25.8. The van der Waals surface area contributed by atoms with Gasteiger partial charge in [-0.05, 0) is 23.1 Å². The van der Waals surface area contributed by atoms with Crippen molar-refractivity contribution in [1.82, 2.24) is 9.38 Å². The van der Waals surface area contributed by atoms with Crippen LogP contribution in [0.1, 0.15) is 0 Å². The fourth-order valence-electron chi connectivity index (χ4n) is 1.94. The zero-order valence-electron chi connectivity index (χ0n) is 10.9. The Morgan fingerprint density at radius 1 is 1.00 bits per heavy atom. The SMILES string of the molecule is O=[N+]([O-])c1ccc(Sc2nc3ccccn3c2[N+](=O)[O-])cc1. The van der Waals surface area contributed by atoms with Gasteiger partial charge in [0.1, 0.15) is 0 Å². The molecule has 0 saturated heterocycles. The molecule has 110 valence electrons. The number of aromatic nitrogens is 2. The van der Waals surface area contributed by atoms with Crippen molar-refractivity contribution in [1.29, 1.82) is 0 Å². The molecule has 0 spiro atoms. The lowest BCUT2D eigenvalue weighted by molar-refractivity contribution is -0.393. The molecule has 0 bridgehead atoms. The third kappa shape index (κ3) is 2.49. The molecule has 0 aliphatic heterocycles. The van der Waals surface area contributed by atoms with Crippen molar-refractivity contribution in [3.05, 3.63) is 68.9 Å². The van der Waals surface area contributed by atoms with Gasteiger partial charge in [-0.15, -0.1) is 0 Å². The molecule has 0 amide bonds. The van der Waals surface area contributed by atoms with E-state index < -0.39 is 9.85 Å². The molecule has 22 heavy (non-hydrogen) atoms. The Morgan fingerprint density at radius 2 is 1.73 bits per heavy atom. The van der Waals surface area contributed by atoms with Gasteiger partial charge >= 0.3 is 5.82 Å². The van der Waals surface area contributed by atoms with Gasteiger partial charge in [0.25, 0.3) is 5.69 Å². The summed E-state index contributed by atoms with van der Waals surface area (Å²) in [5.41, 5.74) is 0.437. The number of imidazole rings is 1. The highest BCUT2D eigenvalue weighted by molar-refractivity contribution is 7.99. The number of nitrogens with zero attached hydrogens (tertiary/aromatic N) is 4. The van der Waals surface area contributed by atoms with E-state index in [1.165, 1.54) is 28.7 Å². The monoisotopic (exact) mass is 316 g/mol. The second-order valence-electron chi connectivity index (χ2n) is 4.28. The molecule has 0 fully saturated rings. The predicted octanol–water partition coefficient (Wildman–Crippen LogP) is 3.30. The highest BCUT2D eigenvalue weighted by Gasteiger charge is 2.23. The van der Waals surface area contributed by atoms with Crippen LogP contribution in [0.5, 0.6) is 0 Å². The van der Waals surface area contributed by atoms with Crippen molar-refractivity contribution in [2.24, 2.45) is 0 Å². The van der Waals surface area contributed by atoms with Gasteiger partial charge in [0.15, 0.2) is 5.03 Å². The summed E-state index contributed by atoms with van der Waals surface area (Å²) in [5.74, 6) is -0.126. The van der Waals surface area contributed by atoms with Crippen LogP contribution in [0.25, 0.3) is 5.65 Å². The molecule has 0 radical (unpaired) electrons. The highest BCUT2D eigenvalue weighted by Crippen LogP contribution is 2.35. The second-order valence-corrected chi connectivity index (χ2v) is 5.34. The van der Waals surface area contributed by atoms with Gasteiger partial charge in [0, 0.05) is 23.1 Å². The van der Waals surface area contributed by atoms with E-state index in [1.807, 2.05) is 0 Å². The minimum atomic E-state index is -0.498. The zero-order chi connectivity index (χ0) is 15.7. The van der Waals surface area contributed by atoms with E-state index in [0.29, 0.717) is 10.5 Å². The fourth-order valence-corrected chi connectivity index (χ4v) is 2.84. The van der Waals surface area contributed by atoms with Crippen molar-refractivity contribution in [3.63, 3.8) is 0 Å². The number of hydrogen-bond donors (Lipinski definition) is 0. The molecule has 2 heterocycles. The quantitative estimate of drug-likeness (QED) is 0.540. The standard InChI is InChI=1S/C13H8N4O4S/c18-16(19)9-4-6-10(7-5-9)22-12-13(17(20)21)15-8-2-1-3-11(15)14-12/h1-8H. The van der Waals surface area contributed by atoms with Crippen LogP contribution in [-0.4, -0.2) is 19.2 Å². The first-order valence-corrected chi connectivity index (χ1v) is 6.91. The van der Waals surface area contributed by atoms with Gasteiger partial charge in [0.05, 0.1) is 11.1 Å². The summed E-state index contributed by atoms with van der Waals surface area (Å²) in [6, 6.07) is 10.9. The molecular formula is C13H8N4O4S. The molecule has 0 saturated carbocycles. The van der Waals surface area contributed by atoms with Crippen LogP contribution in [0.2, 0.25) is 0 Å². The second kappa shape index (κ2) is 5.45. The van der Waals surface area contributed by atoms with Crippen molar-refractivity contribution in [2.75, 3.05) is 0 Å². The Morgan fingerprint density at radius 3 is 2.36 bits per heavy atom. The minimum absolute atomic E-state index is 0.0335. The van der Waals surface area contributed by atoms with E-state index in [0.717, 1.165) is 11.8 Å². The number of fused-ring (bicyclic) bond motifs is 1. The predicted molar refractivity (Wildman–Crippen MR) is 79.1 cm³/mol. The topological polar surface area (TPSA) is 104 Å². The molecule has 0 aliphatic rings. The van der Waals surface area contributed by atoms with Crippen molar-refractivity contribution in [3.8, 4) is 0 Å². The number of benzene rings is 1. The average molecular weight is 316 g/mol. The molecule has 9 heteroatoms. The summed E-state index contributed by atoms with van der Waals surface area (Å²) >= 11 is 1.09. The lowest BCUT2D eigenvalue weighted by Gasteiger charge is -1.99. The van der Waals surface area contributed by atoms with Gasteiger partial charge in [0.2, 0.25) is 5.65 Å². The Kier molecular flexibility index (Phi) is 3.47. The molecule has 2 aromatic heterocycles. The molecular weight excluding hydrogens is 308 g/mol. The van der Waals surface area contributed by atoms with Crippen LogP contribution in [0, 0.1) is 20.2 Å². The first-order chi connectivity index (χ1) is 10.6. The van der Waals surface area contributed by atoms with E-state index in [-0.39, 0.29) is 16.5 Å². The van der Waals surface area contributed by atoms with Gasteiger partial charge in [-0.1, -0.05) is 17.8 Å².